The Kier molecular flexibility index (Phi) is 4.65. The van der Waals surface area contributed by atoms with Gasteiger partial charge in [0.25, 0.3) is 0 Å². The number of fused-ring (bicyclic) bond motifs is 1. The highest BCUT2D eigenvalue weighted by atomic mass is 79.9. The summed E-state index contributed by atoms with van der Waals surface area (Å²) in [7, 11) is 0. The van der Waals surface area contributed by atoms with Gasteiger partial charge in [0.1, 0.15) is 0 Å². The average molecular weight is 302 g/mol. The molecule has 0 saturated heterocycles. The molecule has 2 rings (SSSR count). The van der Waals surface area contributed by atoms with E-state index in [9.17, 15) is 0 Å². The van der Waals surface area contributed by atoms with Crippen LogP contribution in [0.4, 0.5) is 0 Å². The third kappa shape index (κ3) is 3.34. The largest absolute Gasteiger partial charge is 0.490 e. The molecule has 0 bridgehead atoms. The number of hydrogen-bond acceptors (Lipinski definition) is 4. The van der Waals surface area contributed by atoms with E-state index in [0.29, 0.717) is 26.3 Å². The minimum atomic E-state index is 0.145. The maximum atomic E-state index is 8.71. The van der Waals surface area contributed by atoms with E-state index in [0.717, 1.165) is 28.0 Å². The van der Waals surface area contributed by atoms with Crippen LogP contribution in [-0.2, 0) is 6.54 Å². The van der Waals surface area contributed by atoms with Gasteiger partial charge in [0, 0.05) is 19.5 Å². The van der Waals surface area contributed by atoms with Gasteiger partial charge in [0.2, 0.25) is 0 Å². The lowest BCUT2D eigenvalue weighted by Gasteiger charge is -2.12. The molecular weight excluding hydrogens is 286 g/mol. The Morgan fingerprint density at radius 1 is 1.29 bits per heavy atom. The first-order valence-electron chi connectivity index (χ1n) is 5.71. The minimum Gasteiger partial charge on any atom is -0.490 e. The monoisotopic (exact) mass is 301 g/mol. The van der Waals surface area contributed by atoms with E-state index in [-0.39, 0.29) is 6.61 Å². The molecule has 0 aliphatic carbocycles. The second-order valence-electron chi connectivity index (χ2n) is 3.86. The Morgan fingerprint density at radius 2 is 2.12 bits per heavy atom. The molecule has 0 spiro atoms. The number of benzene rings is 1. The van der Waals surface area contributed by atoms with Crippen molar-refractivity contribution in [1.82, 2.24) is 5.32 Å². The van der Waals surface area contributed by atoms with Crippen LogP contribution in [0.5, 0.6) is 11.5 Å². The van der Waals surface area contributed by atoms with E-state index < -0.39 is 0 Å². The Morgan fingerprint density at radius 3 is 2.94 bits per heavy atom. The van der Waals surface area contributed by atoms with Gasteiger partial charge in [-0.1, -0.05) is 0 Å². The van der Waals surface area contributed by atoms with Crippen LogP contribution in [0.25, 0.3) is 0 Å². The number of aliphatic hydroxyl groups excluding tert-OH is 1. The molecule has 17 heavy (non-hydrogen) atoms. The van der Waals surface area contributed by atoms with Crippen LogP contribution in [0.3, 0.4) is 0 Å². The summed E-state index contributed by atoms with van der Waals surface area (Å²) < 4.78 is 12.2. The van der Waals surface area contributed by atoms with Gasteiger partial charge in [0.15, 0.2) is 11.5 Å². The summed E-state index contributed by atoms with van der Waals surface area (Å²) in [6.07, 6.45) is 0.902. The summed E-state index contributed by atoms with van der Waals surface area (Å²) in [5.41, 5.74) is 1.11. The first-order valence-corrected chi connectivity index (χ1v) is 6.50. The molecule has 2 N–H and O–H groups in total. The number of hydrogen-bond donors (Lipinski definition) is 2. The van der Waals surface area contributed by atoms with Gasteiger partial charge in [-0.2, -0.15) is 0 Å². The molecule has 1 aliphatic rings. The van der Waals surface area contributed by atoms with Gasteiger partial charge in [0.05, 0.1) is 24.3 Å². The molecule has 1 aliphatic heterocycles. The molecule has 1 aromatic carbocycles. The van der Waals surface area contributed by atoms with Crippen molar-refractivity contribution in [3.63, 3.8) is 0 Å². The number of ether oxygens (including phenoxy) is 2. The summed E-state index contributed by atoms with van der Waals surface area (Å²) in [6.45, 7) is 2.81. The van der Waals surface area contributed by atoms with Crippen molar-refractivity contribution in [2.75, 3.05) is 26.4 Å². The maximum Gasteiger partial charge on any atom is 0.175 e. The lowest BCUT2D eigenvalue weighted by molar-refractivity contribution is 0.292. The normalized spacial score (nSPS) is 14.5. The zero-order chi connectivity index (χ0) is 12.1. The standard InChI is InChI=1S/C12H16BrNO3/c13-10-6-9(8-14-2-3-15)7-11-12(10)17-5-1-4-16-11/h6-7,14-15H,1-5,8H2. The molecule has 1 aromatic rings. The second kappa shape index (κ2) is 6.23. The van der Waals surface area contributed by atoms with E-state index in [2.05, 4.69) is 21.2 Å². The second-order valence-corrected chi connectivity index (χ2v) is 4.71. The number of nitrogens with one attached hydrogen (secondary N) is 1. The van der Waals surface area contributed by atoms with Gasteiger partial charge in [-0.3, -0.25) is 0 Å². The highest BCUT2D eigenvalue weighted by molar-refractivity contribution is 9.10. The molecule has 0 atom stereocenters. The van der Waals surface area contributed by atoms with Crippen LogP contribution < -0.4 is 14.8 Å². The predicted molar refractivity (Wildman–Crippen MR) is 68.5 cm³/mol. The smallest absolute Gasteiger partial charge is 0.175 e. The van der Waals surface area contributed by atoms with E-state index >= 15 is 0 Å². The van der Waals surface area contributed by atoms with Crippen molar-refractivity contribution in [3.05, 3.63) is 22.2 Å². The zero-order valence-corrected chi connectivity index (χ0v) is 11.1. The zero-order valence-electron chi connectivity index (χ0n) is 9.54. The Balaban J connectivity index is 2.14. The number of halogens is 1. The minimum absolute atomic E-state index is 0.145. The first-order chi connectivity index (χ1) is 8.31. The van der Waals surface area contributed by atoms with Crippen LogP contribution in [0, 0.1) is 0 Å². The van der Waals surface area contributed by atoms with Crippen LogP contribution >= 0.6 is 15.9 Å². The molecule has 0 fully saturated rings. The summed E-state index contributed by atoms with van der Waals surface area (Å²) in [5, 5.41) is 11.8. The molecule has 0 amide bonds. The highest BCUT2D eigenvalue weighted by Crippen LogP contribution is 2.38. The molecule has 94 valence electrons. The van der Waals surface area contributed by atoms with E-state index in [4.69, 9.17) is 14.6 Å². The van der Waals surface area contributed by atoms with Crippen molar-refractivity contribution in [2.24, 2.45) is 0 Å². The van der Waals surface area contributed by atoms with Crippen molar-refractivity contribution in [2.45, 2.75) is 13.0 Å². The fourth-order valence-corrected chi connectivity index (χ4v) is 2.30. The molecule has 0 unspecified atom stereocenters. The van der Waals surface area contributed by atoms with Crippen LogP contribution in [0.2, 0.25) is 0 Å². The van der Waals surface area contributed by atoms with Crippen LogP contribution in [-0.4, -0.2) is 31.5 Å². The van der Waals surface area contributed by atoms with Crippen molar-refractivity contribution >= 4 is 15.9 Å². The maximum absolute atomic E-state index is 8.71. The fraction of sp³-hybridized carbons (Fsp3) is 0.500. The van der Waals surface area contributed by atoms with Crippen LogP contribution in [0.1, 0.15) is 12.0 Å². The number of rotatable bonds is 4. The van der Waals surface area contributed by atoms with Gasteiger partial charge in [-0.05, 0) is 33.6 Å². The summed E-state index contributed by atoms with van der Waals surface area (Å²) in [4.78, 5) is 0. The average Bonchev–Trinajstić information content (AvgIpc) is 2.55. The molecule has 0 radical (unpaired) electrons. The van der Waals surface area contributed by atoms with E-state index in [1.165, 1.54) is 0 Å². The highest BCUT2D eigenvalue weighted by Gasteiger charge is 2.14. The van der Waals surface area contributed by atoms with Crippen molar-refractivity contribution < 1.29 is 14.6 Å². The lowest BCUT2D eigenvalue weighted by Crippen LogP contribution is -2.17. The van der Waals surface area contributed by atoms with E-state index in [1.807, 2.05) is 12.1 Å². The van der Waals surface area contributed by atoms with Gasteiger partial charge in [-0.15, -0.1) is 0 Å². The molecule has 4 nitrogen and oxygen atoms in total. The number of aliphatic hydroxyl groups is 1. The van der Waals surface area contributed by atoms with Gasteiger partial charge < -0.3 is 19.9 Å². The van der Waals surface area contributed by atoms with Crippen molar-refractivity contribution in [1.29, 1.82) is 0 Å². The molecule has 5 heteroatoms. The molecule has 0 saturated carbocycles. The third-order valence-electron chi connectivity index (χ3n) is 2.48. The Labute approximate surface area is 109 Å². The van der Waals surface area contributed by atoms with E-state index in [1.54, 1.807) is 0 Å². The van der Waals surface area contributed by atoms with Crippen LogP contribution in [0.15, 0.2) is 16.6 Å². The quantitative estimate of drug-likeness (QED) is 0.831. The Bertz CT molecular complexity index is 384. The topological polar surface area (TPSA) is 50.7 Å². The Hall–Kier alpha value is -0.780. The van der Waals surface area contributed by atoms with Crippen molar-refractivity contribution in [3.8, 4) is 11.5 Å². The third-order valence-corrected chi connectivity index (χ3v) is 3.07. The summed E-state index contributed by atoms with van der Waals surface area (Å²) in [6, 6.07) is 3.99. The lowest BCUT2D eigenvalue weighted by atomic mass is 10.2. The van der Waals surface area contributed by atoms with Gasteiger partial charge >= 0.3 is 0 Å². The fourth-order valence-electron chi connectivity index (χ4n) is 1.70. The molecule has 1 heterocycles. The first kappa shape index (κ1) is 12.7. The SMILES string of the molecule is OCCNCc1cc(Br)c2c(c1)OCCCO2. The molecular formula is C12H16BrNO3. The predicted octanol–water partition coefficient (Wildman–Crippen LogP) is 1.69. The summed E-state index contributed by atoms with van der Waals surface area (Å²) >= 11 is 3.49. The molecule has 0 aromatic heterocycles. The summed E-state index contributed by atoms with van der Waals surface area (Å²) in [5.74, 6) is 1.58. The van der Waals surface area contributed by atoms with Gasteiger partial charge in [-0.25, -0.2) is 0 Å².